The minimum atomic E-state index is -0.485. The van der Waals surface area contributed by atoms with Crippen LogP contribution in [-0.2, 0) is 4.79 Å². The highest BCUT2D eigenvalue weighted by atomic mass is 35.5. The van der Waals surface area contributed by atoms with Crippen molar-refractivity contribution in [3.63, 3.8) is 0 Å². The first-order valence-corrected chi connectivity index (χ1v) is 5.04. The van der Waals surface area contributed by atoms with Crippen molar-refractivity contribution in [2.24, 2.45) is 0 Å². The van der Waals surface area contributed by atoms with E-state index in [0.717, 1.165) is 5.56 Å². The molecule has 1 aromatic rings. The zero-order valence-electron chi connectivity index (χ0n) is 8.33. The number of carbonyl (C=O) groups excluding carboxylic acids is 1. The molecule has 2 nitrogen and oxygen atoms in total. The van der Waals surface area contributed by atoms with E-state index in [2.05, 4.69) is 5.32 Å². The summed E-state index contributed by atoms with van der Waals surface area (Å²) in [6.45, 7) is 3.60. The van der Waals surface area contributed by atoms with Crippen molar-refractivity contribution in [2.75, 3.05) is 0 Å². The first-order valence-electron chi connectivity index (χ1n) is 4.60. The quantitative estimate of drug-likeness (QED) is 0.765. The number of nitrogens with one attached hydrogen (secondary N) is 1. The van der Waals surface area contributed by atoms with Crippen LogP contribution in [0.25, 0.3) is 0 Å². The van der Waals surface area contributed by atoms with E-state index >= 15 is 0 Å². The Morgan fingerprint density at radius 3 is 2.36 bits per heavy atom. The van der Waals surface area contributed by atoms with Gasteiger partial charge < -0.3 is 5.32 Å². The van der Waals surface area contributed by atoms with Crippen LogP contribution >= 0.6 is 11.6 Å². The van der Waals surface area contributed by atoms with Crippen LogP contribution in [0.5, 0.6) is 0 Å². The molecule has 3 heteroatoms. The van der Waals surface area contributed by atoms with E-state index in [-0.39, 0.29) is 11.9 Å². The average Bonchev–Trinajstić information content (AvgIpc) is 2.19. The van der Waals surface area contributed by atoms with E-state index in [1.54, 1.807) is 6.92 Å². The second kappa shape index (κ2) is 5.01. The summed E-state index contributed by atoms with van der Waals surface area (Å²) in [4.78, 5) is 11.3. The fourth-order valence-corrected chi connectivity index (χ4v) is 1.22. The predicted octanol–water partition coefficient (Wildman–Crippen LogP) is 2.49. The minimum absolute atomic E-state index is 0.00454. The molecule has 0 bridgehead atoms. The Morgan fingerprint density at radius 2 is 1.86 bits per heavy atom. The average molecular weight is 212 g/mol. The molecule has 0 aliphatic heterocycles. The van der Waals surface area contributed by atoms with Gasteiger partial charge in [-0.3, -0.25) is 4.79 Å². The number of amides is 1. The van der Waals surface area contributed by atoms with E-state index in [4.69, 9.17) is 11.6 Å². The second-order valence-electron chi connectivity index (χ2n) is 3.26. The van der Waals surface area contributed by atoms with E-state index < -0.39 is 5.38 Å². The Balaban J connectivity index is 2.59. The van der Waals surface area contributed by atoms with Crippen LogP contribution in [0.4, 0.5) is 0 Å². The van der Waals surface area contributed by atoms with Crippen molar-refractivity contribution >= 4 is 17.5 Å². The van der Waals surface area contributed by atoms with Crippen LogP contribution in [0.1, 0.15) is 25.5 Å². The first kappa shape index (κ1) is 11.1. The van der Waals surface area contributed by atoms with E-state index in [9.17, 15) is 4.79 Å². The normalized spacial score (nSPS) is 14.5. The van der Waals surface area contributed by atoms with Crippen molar-refractivity contribution < 1.29 is 4.79 Å². The molecule has 2 atom stereocenters. The molecule has 1 aromatic carbocycles. The van der Waals surface area contributed by atoms with Crippen LogP contribution in [-0.4, -0.2) is 11.3 Å². The lowest BCUT2D eigenvalue weighted by Gasteiger charge is -2.14. The molecular formula is C11H14ClNO. The van der Waals surface area contributed by atoms with Crippen LogP contribution in [0.3, 0.4) is 0 Å². The highest BCUT2D eigenvalue weighted by Crippen LogP contribution is 2.11. The molecule has 0 unspecified atom stereocenters. The summed E-state index contributed by atoms with van der Waals surface area (Å²) >= 11 is 5.65. The van der Waals surface area contributed by atoms with Gasteiger partial charge in [-0.05, 0) is 19.4 Å². The molecule has 0 saturated carbocycles. The standard InChI is InChI=1S/C11H14ClNO/c1-8(12)11(14)13-9(2)10-6-4-3-5-7-10/h3-9H,1-2H3,(H,13,14)/t8-,9+/m1/s1. The molecule has 0 heterocycles. The molecule has 0 aliphatic carbocycles. The van der Waals surface area contributed by atoms with Crippen molar-refractivity contribution in [1.29, 1.82) is 0 Å². The van der Waals surface area contributed by atoms with Gasteiger partial charge >= 0.3 is 0 Å². The lowest BCUT2D eigenvalue weighted by molar-refractivity contribution is -0.121. The predicted molar refractivity (Wildman–Crippen MR) is 58.3 cm³/mol. The number of alkyl halides is 1. The Morgan fingerprint density at radius 1 is 1.29 bits per heavy atom. The van der Waals surface area contributed by atoms with Crippen LogP contribution < -0.4 is 5.32 Å². The fraction of sp³-hybridized carbons (Fsp3) is 0.364. The van der Waals surface area contributed by atoms with Gasteiger partial charge in [0.25, 0.3) is 0 Å². The van der Waals surface area contributed by atoms with Crippen LogP contribution in [0.2, 0.25) is 0 Å². The number of benzene rings is 1. The molecule has 14 heavy (non-hydrogen) atoms. The Bertz CT molecular complexity index is 297. The summed E-state index contributed by atoms with van der Waals surface area (Å²) in [7, 11) is 0. The molecule has 0 radical (unpaired) electrons. The van der Waals surface area contributed by atoms with Gasteiger partial charge in [0.1, 0.15) is 5.38 Å². The maximum atomic E-state index is 11.3. The number of hydrogen-bond donors (Lipinski definition) is 1. The Labute approximate surface area is 89.3 Å². The van der Waals surface area contributed by atoms with Crippen molar-refractivity contribution in [3.8, 4) is 0 Å². The van der Waals surface area contributed by atoms with E-state index in [1.807, 2.05) is 37.3 Å². The first-order chi connectivity index (χ1) is 6.61. The molecule has 0 fully saturated rings. The smallest absolute Gasteiger partial charge is 0.238 e. The minimum Gasteiger partial charge on any atom is -0.348 e. The molecular weight excluding hydrogens is 198 g/mol. The summed E-state index contributed by atoms with van der Waals surface area (Å²) in [5, 5.41) is 2.34. The molecule has 0 aliphatic rings. The van der Waals surface area contributed by atoms with E-state index in [1.165, 1.54) is 0 Å². The number of rotatable bonds is 3. The molecule has 0 saturated heterocycles. The van der Waals surface area contributed by atoms with Gasteiger partial charge in [-0.15, -0.1) is 11.6 Å². The second-order valence-corrected chi connectivity index (χ2v) is 3.91. The Hall–Kier alpha value is -1.02. The summed E-state index contributed by atoms with van der Waals surface area (Å²) in [6, 6.07) is 9.80. The van der Waals surface area contributed by atoms with Crippen molar-refractivity contribution in [1.82, 2.24) is 5.32 Å². The SMILES string of the molecule is C[C@H](NC(=O)[C@@H](C)Cl)c1ccccc1. The maximum Gasteiger partial charge on any atom is 0.238 e. The zero-order chi connectivity index (χ0) is 10.6. The number of halogens is 1. The van der Waals surface area contributed by atoms with Gasteiger partial charge in [-0.1, -0.05) is 30.3 Å². The lowest BCUT2D eigenvalue weighted by atomic mass is 10.1. The molecule has 0 spiro atoms. The Kier molecular flexibility index (Phi) is 3.96. The van der Waals surface area contributed by atoms with E-state index in [0.29, 0.717) is 0 Å². The van der Waals surface area contributed by atoms with Gasteiger partial charge in [0, 0.05) is 0 Å². The lowest BCUT2D eigenvalue weighted by Crippen LogP contribution is -2.31. The van der Waals surface area contributed by atoms with Gasteiger partial charge in [0.05, 0.1) is 6.04 Å². The molecule has 76 valence electrons. The third-order valence-corrected chi connectivity index (χ3v) is 2.22. The third-order valence-electron chi connectivity index (χ3n) is 2.02. The van der Waals surface area contributed by atoms with Gasteiger partial charge in [0.15, 0.2) is 0 Å². The molecule has 1 amide bonds. The van der Waals surface area contributed by atoms with Gasteiger partial charge in [-0.25, -0.2) is 0 Å². The largest absolute Gasteiger partial charge is 0.348 e. The van der Waals surface area contributed by atoms with Crippen molar-refractivity contribution in [2.45, 2.75) is 25.3 Å². The van der Waals surface area contributed by atoms with Gasteiger partial charge in [0.2, 0.25) is 5.91 Å². The molecule has 1 N–H and O–H groups in total. The summed E-state index contributed by atoms with van der Waals surface area (Å²) < 4.78 is 0. The van der Waals surface area contributed by atoms with Gasteiger partial charge in [-0.2, -0.15) is 0 Å². The summed E-state index contributed by atoms with van der Waals surface area (Å²) in [5.41, 5.74) is 1.08. The topological polar surface area (TPSA) is 29.1 Å². The summed E-state index contributed by atoms with van der Waals surface area (Å²) in [5.74, 6) is -0.136. The third kappa shape index (κ3) is 3.04. The van der Waals surface area contributed by atoms with Crippen LogP contribution in [0, 0.1) is 0 Å². The monoisotopic (exact) mass is 211 g/mol. The fourth-order valence-electron chi connectivity index (χ4n) is 1.15. The van der Waals surface area contributed by atoms with Crippen LogP contribution in [0.15, 0.2) is 30.3 Å². The highest BCUT2D eigenvalue weighted by molar-refractivity contribution is 6.30. The van der Waals surface area contributed by atoms with Crippen molar-refractivity contribution in [3.05, 3.63) is 35.9 Å². The molecule has 0 aromatic heterocycles. The maximum absolute atomic E-state index is 11.3. The zero-order valence-corrected chi connectivity index (χ0v) is 9.08. The number of hydrogen-bond acceptors (Lipinski definition) is 1. The molecule has 1 rings (SSSR count). The highest BCUT2D eigenvalue weighted by Gasteiger charge is 2.12. The number of carbonyl (C=O) groups is 1. The summed E-state index contributed by atoms with van der Waals surface area (Å²) in [6.07, 6.45) is 0.